The predicted molar refractivity (Wildman–Crippen MR) is 95.7 cm³/mol. The van der Waals surface area contributed by atoms with Gasteiger partial charge in [-0.1, -0.05) is 0 Å². The quantitative estimate of drug-likeness (QED) is 0.457. The van der Waals surface area contributed by atoms with Crippen molar-refractivity contribution in [2.24, 2.45) is 4.99 Å². The first-order valence-corrected chi connectivity index (χ1v) is 9.00. The van der Waals surface area contributed by atoms with Gasteiger partial charge in [0.1, 0.15) is 5.69 Å². The zero-order chi connectivity index (χ0) is 18.4. The number of hydrazine groups is 1. The molecule has 0 bridgehead atoms. The summed E-state index contributed by atoms with van der Waals surface area (Å²) in [5, 5.41) is 16.9. The molecule has 1 aliphatic carbocycles. The third kappa shape index (κ3) is 3.16. The van der Waals surface area contributed by atoms with Gasteiger partial charge in [0.05, 0.1) is 12.2 Å². The first kappa shape index (κ1) is 16.0. The second kappa shape index (κ2) is 6.20. The Bertz CT molecular complexity index is 1160. The molecule has 27 heavy (non-hydrogen) atoms. The molecule has 1 saturated carbocycles. The van der Waals surface area contributed by atoms with E-state index < -0.39 is 5.69 Å². The second-order valence-electron chi connectivity index (χ2n) is 6.83. The molecule has 0 atom stereocenters. The minimum Gasteiger partial charge on any atom is -0.493 e. The van der Waals surface area contributed by atoms with Crippen molar-refractivity contribution in [3.63, 3.8) is 0 Å². The van der Waals surface area contributed by atoms with E-state index >= 15 is 0 Å². The van der Waals surface area contributed by atoms with Crippen LogP contribution in [0.5, 0.6) is 5.88 Å². The van der Waals surface area contributed by atoms with Crippen molar-refractivity contribution >= 4 is 17.7 Å². The maximum atomic E-state index is 11.4. The number of nitrogens with zero attached hydrogens (tertiary/aromatic N) is 6. The lowest BCUT2D eigenvalue weighted by Crippen LogP contribution is -2.31. The number of hydrogen-bond donors (Lipinski definition) is 4. The van der Waals surface area contributed by atoms with E-state index in [0.29, 0.717) is 22.4 Å². The molecule has 0 aromatic carbocycles. The molecule has 3 aromatic rings. The second-order valence-corrected chi connectivity index (χ2v) is 6.83. The van der Waals surface area contributed by atoms with Gasteiger partial charge in [0.15, 0.2) is 5.65 Å². The van der Waals surface area contributed by atoms with Gasteiger partial charge in [0.25, 0.3) is 5.62 Å². The SMILES string of the molecule is O=c1[nH]c(O)c(/C=c2/cnn3c(=NC4CC4)nc(NN4CCCC4)nc23)[nH]1. The zero-order valence-corrected chi connectivity index (χ0v) is 14.5. The van der Waals surface area contributed by atoms with E-state index in [1.807, 2.05) is 0 Å². The summed E-state index contributed by atoms with van der Waals surface area (Å²) in [4.78, 5) is 29.9. The number of fused-ring (bicyclic) bond motifs is 1. The minimum absolute atomic E-state index is 0.230. The van der Waals surface area contributed by atoms with E-state index in [9.17, 15) is 9.90 Å². The fourth-order valence-electron chi connectivity index (χ4n) is 3.10. The van der Waals surface area contributed by atoms with Crippen LogP contribution in [0, 0.1) is 0 Å². The van der Waals surface area contributed by atoms with E-state index in [1.165, 1.54) is 0 Å². The van der Waals surface area contributed by atoms with Crippen LogP contribution in [0.1, 0.15) is 31.4 Å². The molecule has 11 nitrogen and oxygen atoms in total. The lowest BCUT2D eigenvalue weighted by Gasteiger charge is -2.15. The van der Waals surface area contributed by atoms with Crippen molar-refractivity contribution in [3.05, 3.63) is 33.2 Å². The van der Waals surface area contributed by atoms with E-state index in [4.69, 9.17) is 0 Å². The normalized spacial score (nSPS) is 19.4. The van der Waals surface area contributed by atoms with Gasteiger partial charge in [-0.2, -0.15) is 19.6 Å². The average molecular weight is 369 g/mol. The molecule has 4 N–H and O–H groups in total. The van der Waals surface area contributed by atoms with Crippen LogP contribution in [0.2, 0.25) is 0 Å². The first-order valence-electron chi connectivity index (χ1n) is 9.00. The largest absolute Gasteiger partial charge is 0.493 e. The molecule has 0 unspecified atom stereocenters. The number of rotatable bonds is 4. The highest BCUT2D eigenvalue weighted by atomic mass is 16.3. The monoisotopic (exact) mass is 369 g/mol. The molecule has 4 heterocycles. The van der Waals surface area contributed by atoms with Crippen LogP contribution in [-0.2, 0) is 0 Å². The molecule has 2 aliphatic rings. The van der Waals surface area contributed by atoms with Crippen LogP contribution in [0.4, 0.5) is 5.95 Å². The summed E-state index contributed by atoms with van der Waals surface area (Å²) >= 11 is 0. The summed E-state index contributed by atoms with van der Waals surface area (Å²) in [5.74, 6) is 0.234. The number of aromatic hydroxyl groups is 1. The summed E-state index contributed by atoms with van der Waals surface area (Å²) in [6.07, 6.45) is 7.61. The van der Waals surface area contributed by atoms with Gasteiger partial charge in [0.2, 0.25) is 11.8 Å². The Balaban J connectivity index is 1.66. The minimum atomic E-state index is -0.481. The Morgan fingerprint density at radius 2 is 2.07 bits per heavy atom. The molecular formula is C16H19N9O2. The van der Waals surface area contributed by atoms with E-state index in [-0.39, 0.29) is 17.6 Å². The fourth-order valence-corrected chi connectivity index (χ4v) is 3.10. The predicted octanol–water partition coefficient (Wildman–Crippen LogP) is -1.12. The van der Waals surface area contributed by atoms with Crippen molar-refractivity contribution in [1.82, 2.24) is 34.6 Å². The number of aromatic nitrogens is 6. The Hall–Kier alpha value is -3.21. The molecule has 3 aromatic heterocycles. The van der Waals surface area contributed by atoms with Gasteiger partial charge in [-0.15, -0.1) is 0 Å². The molecule has 0 radical (unpaired) electrons. The molecule has 11 heteroatoms. The Morgan fingerprint density at radius 1 is 1.26 bits per heavy atom. The summed E-state index contributed by atoms with van der Waals surface area (Å²) in [7, 11) is 0. The molecule has 5 rings (SSSR count). The van der Waals surface area contributed by atoms with E-state index in [0.717, 1.165) is 38.8 Å². The summed E-state index contributed by atoms with van der Waals surface area (Å²) in [5.41, 5.74) is 4.08. The summed E-state index contributed by atoms with van der Waals surface area (Å²) in [6, 6.07) is 0.282. The number of hydrogen-bond acceptors (Lipinski definition) is 8. The third-order valence-corrected chi connectivity index (χ3v) is 4.62. The molecule has 2 fully saturated rings. The molecule has 0 spiro atoms. The molecule has 0 amide bonds. The number of aromatic amines is 2. The van der Waals surface area contributed by atoms with E-state index in [1.54, 1.807) is 16.8 Å². The van der Waals surface area contributed by atoms with Gasteiger partial charge in [-0.25, -0.2) is 14.8 Å². The summed E-state index contributed by atoms with van der Waals surface area (Å²) < 4.78 is 1.58. The standard InChI is InChI=1S/C16H19N9O2/c26-13-11(19-16(27)21-13)7-9-8-17-25-12(9)20-14(23-24-5-1-2-6-24)22-15(25)18-10-3-4-10/h7-8,10,26H,1-6H2,(H,18,22,23)(H2,19,21,27)/b9-7-. The number of H-pyrrole nitrogens is 2. The average Bonchev–Trinajstić information content (AvgIpc) is 3.01. The Labute approximate surface area is 152 Å². The molecule has 1 aliphatic heterocycles. The van der Waals surface area contributed by atoms with Gasteiger partial charge in [-0.05, 0) is 31.8 Å². The first-order chi connectivity index (χ1) is 13.2. The van der Waals surface area contributed by atoms with Crippen LogP contribution < -0.4 is 22.0 Å². The number of imidazole rings is 1. The fraction of sp³-hybridized carbons (Fsp3) is 0.438. The summed E-state index contributed by atoms with van der Waals surface area (Å²) in [6.45, 7) is 1.89. The van der Waals surface area contributed by atoms with Crippen LogP contribution in [-0.4, -0.2) is 58.8 Å². The van der Waals surface area contributed by atoms with Crippen molar-refractivity contribution in [3.8, 4) is 5.88 Å². The lowest BCUT2D eigenvalue weighted by molar-refractivity contribution is 0.405. The van der Waals surface area contributed by atoms with Crippen LogP contribution in [0.3, 0.4) is 0 Å². The van der Waals surface area contributed by atoms with Gasteiger partial charge in [-0.3, -0.25) is 10.4 Å². The Morgan fingerprint density at radius 3 is 2.78 bits per heavy atom. The van der Waals surface area contributed by atoms with Gasteiger partial charge >= 0.3 is 5.69 Å². The van der Waals surface area contributed by atoms with Crippen LogP contribution in [0.25, 0.3) is 11.7 Å². The topological polar surface area (TPSA) is 140 Å². The zero-order valence-electron chi connectivity index (χ0n) is 14.5. The van der Waals surface area contributed by atoms with Crippen molar-refractivity contribution in [2.45, 2.75) is 31.7 Å². The molecule has 140 valence electrons. The lowest BCUT2D eigenvalue weighted by atomic mass is 10.3. The van der Waals surface area contributed by atoms with Crippen molar-refractivity contribution in [1.29, 1.82) is 0 Å². The highest BCUT2D eigenvalue weighted by molar-refractivity contribution is 5.57. The van der Waals surface area contributed by atoms with Crippen LogP contribution >= 0.6 is 0 Å². The number of nitrogens with one attached hydrogen (secondary N) is 3. The third-order valence-electron chi connectivity index (χ3n) is 4.62. The highest BCUT2D eigenvalue weighted by Gasteiger charge is 2.21. The van der Waals surface area contributed by atoms with Gasteiger partial charge in [0, 0.05) is 18.3 Å². The Kier molecular flexibility index (Phi) is 3.67. The van der Waals surface area contributed by atoms with Crippen LogP contribution in [0.15, 0.2) is 16.0 Å². The van der Waals surface area contributed by atoms with E-state index in [2.05, 4.69) is 40.5 Å². The molecule has 1 saturated heterocycles. The molecular weight excluding hydrogens is 350 g/mol. The maximum Gasteiger partial charge on any atom is 0.326 e. The van der Waals surface area contributed by atoms with Crippen molar-refractivity contribution in [2.75, 3.05) is 18.5 Å². The smallest absolute Gasteiger partial charge is 0.326 e. The maximum absolute atomic E-state index is 11.4. The number of anilines is 1. The highest BCUT2D eigenvalue weighted by Crippen LogP contribution is 2.22. The van der Waals surface area contributed by atoms with Gasteiger partial charge < -0.3 is 10.1 Å². The van der Waals surface area contributed by atoms with Crippen molar-refractivity contribution < 1.29 is 5.11 Å².